The molecule has 0 radical (unpaired) electrons. The Hall–Kier alpha value is -4.14. The molecule has 0 spiro atoms. The van der Waals surface area contributed by atoms with Gasteiger partial charge in [0.15, 0.2) is 0 Å². The smallest absolute Gasteiger partial charge is 0.219 e. The van der Waals surface area contributed by atoms with E-state index in [4.69, 9.17) is 15.2 Å². The Balaban J connectivity index is 1.88. The van der Waals surface area contributed by atoms with Crippen molar-refractivity contribution in [3.05, 3.63) is 48.2 Å². The van der Waals surface area contributed by atoms with Gasteiger partial charge in [-0.05, 0) is 12.1 Å². The molecule has 0 unspecified atom stereocenters. The monoisotopic (exact) mass is 449 g/mol. The number of para-hydroxylation sites is 2. The van der Waals surface area contributed by atoms with E-state index in [-0.39, 0.29) is 11.7 Å². The topological polar surface area (TPSA) is 127 Å². The van der Waals surface area contributed by atoms with Gasteiger partial charge >= 0.3 is 0 Å². The van der Waals surface area contributed by atoms with Gasteiger partial charge in [0, 0.05) is 37.6 Å². The largest absolute Gasteiger partial charge is 0.505 e. The second kappa shape index (κ2) is 9.15. The van der Waals surface area contributed by atoms with Gasteiger partial charge in [-0.25, -0.2) is 4.98 Å². The van der Waals surface area contributed by atoms with Crippen LogP contribution in [0, 0.1) is 0 Å². The lowest BCUT2D eigenvalue weighted by Crippen LogP contribution is -2.25. The lowest BCUT2D eigenvalue weighted by atomic mass is 10.2. The number of H-pyrrole nitrogens is 1. The molecule has 0 bridgehead atoms. The Kier molecular flexibility index (Phi) is 6.12. The molecule has 0 atom stereocenters. The first-order chi connectivity index (χ1) is 16.0. The summed E-state index contributed by atoms with van der Waals surface area (Å²) in [4.78, 5) is 19.6. The van der Waals surface area contributed by atoms with E-state index in [0.29, 0.717) is 59.5 Å². The van der Waals surface area contributed by atoms with Gasteiger partial charge in [-0.15, -0.1) is 0 Å². The van der Waals surface area contributed by atoms with Crippen molar-refractivity contribution in [1.29, 1.82) is 0 Å². The summed E-state index contributed by atoms with van der Waals surface area (Å²) in [6.45, 7) is 2.13. The summed E-state index contributed by atoms with van der Waals surface area (Å²) in [7, 11) is 3.13. The molecule has 33 heavy (non-hydrogen) atoms. The Morgan fingerprint density at radius 1 is 1.18 bits per heavy atom. The number of imidazole rings is 1. The van der Waals surface area contributed by atoms with Crippen molar-refractivity contribution in [2.75, 3.05) is 26.5 Å². The average Bonchev–Trinajstić information content (AvgIpc) is 3.36. The molecule has 2 aromatic heterocycles. The number of aromatic amines is 1. The van der Waals surface area contributed by atoms with Crippen LogP contribution in [0.25, 0.3) is 28.1 Å². The molecule has 2 aromatic carbocycles. The van der Waals surface area contributed by atoms with Gasteiger partial charge in [-0.2, -0.15) is 0 Å². The van der Waals surface area contributed by atoms with Crippen molar-refractivity contribution in [2.24, 2.45) is 0 Å². The first-order valence-electron chi connectivity index (χ1n) is 10.6. The van der Waals surface area contributed by atoms with Crippen LogP contribution >= 0.6 is 0 Å². The van der Waals surface area contributed by atoms with Crippen LogP contribution in [0.4, 0.5) is 5.82 Å². The first kappa shape index (κ1) is 22.1. The van der Waals surface area contributed by atoms with Crippen LogP contribution in [0.1, 0.15) is 19.0 Å². The number of aromatic nitrogens is 3. The summed E-state index contributed by atoms with van der Waals surface area (Å²) in [5.41, 5.74) is 9.78. The number of benzene rings is 2. The van der Waals surface area contributed by atoms with Gasteiger partial charge in [-0.3, -0.25) is 9.36 Å². The van der Waals surface area contributed by atoms with Gasteiger partial charge in [0.1, 0.15) is 34.5 Å². The summed E-state index contributed by atoms with van der Waals surface area (Å²) in [5.74, 6) is 1.84. The number of nitrogens with one attached hydrogen (secondary N) is 2. The zero-order chi connectivity index (χ0) is 23.5. The quantitative estimate of drug-likeness (QED) is 0.327. The van der Waals surface area contributed by atoms with Crippen molar-refractivity contribution in [3.63, 3.8) is 0 Å². The Morgan fingerprint density at radius 2 is 1.88 bits per heavy atom. The average molecular weight is 450 g/mol. The van der Waals surface area contributed by atoms with E-state index in [1.54, 1.807) is 43.9 Å². The van der Waals surface area contributed by atoms with Crippen LogP contribution < -0.4 is 20.5 Å². The van der Waals surface area contributed by atoms with E-state index >= 15 is 0 Å². The van der Waals surface area contributed by atoms with Crippen molar-refractivity contribution in [3.8, 4) is 34.3 Å². The third-order valence-corrected chi connectivity index (χ3v) is 5.50. The van der Waals surface area contributed by atoms with Crippen LogP contribution in [0.3, 0.4) is 0 Å². The number of anilines is 1. The molecule has 0 aliphatic heterocycles. The number of nitrogen functional groups attached to an aromatic ring is 1. The number of carbonyl (C=O) groups excluding carboxylic acids is 1. The molecule has 5 N–H and O–H groups in total. The van der Waals surface area contributed by atoms with E-state index in [2.05, 4.69) is 15.3 Å². The van der Waals surface area contributed by atoms with Gasteiger partial charge in [0.2, 0.25) is 5.91 Å². The van der Waals surface area contributed by atoms with E-state index < -0.39 is 0 Å². The molecule has 9 heteroatoms. The van der Waals surface area contributed by atoms with Gasteiger partial charge < -0.3 is 30.6 Å². The summed E-state index contributed by atoms with van der Waals surface area (Å²) in [6.07, 6.45) is 0.730. The van der Waals surface area contributed by atoms with Crippen LogP contribution in [0.5, 0.6) is 17.2 Å². The molecule has 4 rings (SSSR count). The van der Waals surface area contributed by atoms with Gasteiger partial charge in [0.05, 0.1) is 36.6 Å². The predicted octanol–water partition coefficient (Wildman–Crippen LogP) is 3.39. The summed E-state index contributed by atoms with van der Waals surface area (Å²) in [6, 6.07) is 12.9. The highest BCUT2D eigenvalue weighted by Gasteiger charge is 2.25. The van der Waals surface area contributed by atoms with Gasteiger partial charge in [0.25, 0.3) is 0 Å². The highest BCUT2D eigenvalue weighted by atomic mass is 16.5. The SMILES string of the molecule is CCC(=O)NCCc1c(O)c(-c2nc3ccccc3[nH]2)c(N)n1-c1cc(OC)cc(OC)c1. The van der Waals surface area contributed by atoms with Crippen molar-refractivity contribution in [2.45, 2.75) is 19.8 Å². The molecule has 0 aliphatic rings. The summed E-state index contributed by atoms with van der Waals surface area (Å²) in [5, 5.41) is 14.1. The van der Waals surface area contributed by atoms with Crippen LogP contribution in [-0.2, 0) is 11.2 Å². The standard InChI is InChI=1S/C24H27N5O4/c1-4-20(30)26-10-9-19-22(31)21(24-27-17-7-5-6-8-18(17)28-24)23(25)29(19)14-11-15(32-2)13-16(12-14)33-3/h5-8,11-13,31H,4,9-10,25H2,1-3H3,(H,26,30)(H,27,28). The van der Waals surface area contributed by atoms with Crippen LogP contribution in [0.15, 0.2) is 42.5 Å². The lowest BCUT2D eigenvalue weighted by Gasteiger charge is -2.14. The molecule has 1 amide bonds. The van der Waals surface area contributed by atoms with E-state index in [1.807, 2.05) is 24.3 Å². The highest BCUT2D eigenvalue weighted by molar-refractivity contribution is 5.86. The second-order valence-corrected chi connectivity index (χ2v) is 7.52. The number of nitrogens with two attached hydrogens (primary N) is 1. The summed E-state index contributed by atoms with van der Waals surface area (Å²) >= 11 is 0. The predicted molar refractivity (Wildman–Crippen MR) is 127 cm³/mol. The number of methoxy groups -OCH3 is 2. The number of ether oxygens (including phenoxy) is 2. The van der Waals surface area contributed by atoms with E-state index in [0.717, 1.165) is 11.0 Å². The maximum absolute atomic E-state index is 11.7. The molecule has 172 valence electrons. The maximum Gasteiger partial charge on any atom is 0.219 e. The van der Waals surface area contributed by atoms with E-state index in [1.165, 1.54) is 0 Å². The molecule has 9 nitrogen and oxygen atoms in total. The third-order valence-electron chi connectivity index (χ3n) is 5.50. The van der Waals surface area contributed by atoms with Crippen molar-refractivity contribution >= 4 is 22.8 Å². The number of carbonyl (C=O) groups is 1. The van der Waals surface area contributed by atoms with Crippen LogP contribution in [-0.4, -0.2) is 46.3 Å². The third kappa shape index (κ3) is 4.17. The molecule has 0 saturated carbocycles. The van der Waals surface area contributed by atoms with Crippen LogP contribution in [0.2, 0.25) is 0 Å². The number of fused-ring (bicyclic) bond motifs is 1. The molecule has 0 saturated heterocycles. The minimum absolute atomic E-state index is 0.000842. The van der Waals surface area contributed by atoms with Crippen molar-refractivity contribution < 1.29 is 19.4 Å². The minimum atomic E-state index is -0.0684. The maximum atomic E-state index is 11.7. The molecular formula is C24H27N5O4. The number of aromatic hydroxyl groups is 1. The zero-order valence-electron chi connectivity index (χ0n) is 18.8. The Bertz CT molecular complexity index is 1250. The number of amides is 1. The summed E-state index contributed by atoms with van der Waals surface area (Å²) < 4.78 is 12.6. The number of rotatable bonds is 8. The fourth-order valence-corrected chi connectivity index (χ4v) is 3.83. The number of hydrogen-bond acceptors (Lipinski definition) is 6. The minimum Gasteiger partial charge on any atom is -0.505 e. The molecule has 2 heterocycles. The fraction of sp³-hybridized carbons (Fsp3) is 0.250. The first-order valence-corrected chi connectivity index (χ1v) is 10.6. The van der Waals surface area contributed by atoms with Gasteiger partial charge in [-0.1, -0.05) is 19.1 Å². The zero-order valence-corrected chi connectivity index (χ0v) is 18.8. The Labute approximate surface area is 191 Å². The number of hydrogen-bond donors (Lipinski definition) is 4. The number of nitrogens with zero attached hydrogens (tertiary/aromatic N) is 2. The second-order valence-electron chi connectivity index (χ2n) is 7.52. The van der Waals surface area contributed by atoms with Crippen molar-refractivity contribution in [1.82, 2.24) is 19.9 Å². The highest BCUT2D eigenvalue weighted by Crippen LogP contribution is 2.42. The molecule has 4 aromatic rings. The molecule has 0 fully saturated rings. The molecular weight excluding hydrogens is 422 g/mol. The van der Waals surface area contributed by atoms with E-state index in [9.17, 15) is 9.90 Å². The molecule has 0 aliphatic carbocycles. The normalized spacial score (nSPS) is 11.0. The lowest BCUT2D eigenvalue weighted by molar-refractivity contribution is -0.120. The Morgan fingerprint density at radius 3 is 2.52 bits per heavy atom. The fourth-order valence-electron chi connectivity index (χ4n) is 3.83.